The van der Waals surface area contributed by atoms with Gasteiger partial charge in [0, 0.05) is 6.04 Å². The predicted octanol–water partition coefficient (Wildman–Crippen LogP) is 4.51. The van der Waals surface area contributed by atoms with Crippen LogP contribution in [0.2, 0.25) is 0 Å². The lowest BCUT2D eigenvalue weighted by molar-refractivity contribution is 0.252. The molecule has 1 aliphatic carbocycles. The van der Waals surface area contributed by atoms with Gasteiger partial charge < -0.3 is 5.32 Å². The summed E-state index contributed by atoms with van der Waals surface area (Å²) in [6.45, 7) is 6.03. The van der Waals surface area contributed by atoms with Crippen LogP contribution in [0.4, 0.5) is 14.5 Å². The van der Waals surface area contributed by atoms with Crippen molar-refractivity contribution in [1.29, 1.82) is 0 Å². The zero-order valence-corrected chi connectivity index (χ0v) is 11.3. The molecule has 2 rings (SSSR count). The fourth-order valence-corrected chi connectivity index (χ4v) is 2.76. The molecule has 0 amide bonds. The van der Waals surface area contributed by atoms with Crippen LogP contribution in [0.1, 0.15) is 38.7 Å². The highest BCUT2D eigenvalue weighted by Crippen LogP contribution is 2.33. The largest absolute Gasteiger partial charge is 0.377 e. The monoisotopic (exact) mass is 253 g/mol. The van der Waals surface area contributed by atoms with E-state index < -0.39 is 11.6 Å². The molecule has 1 saturated carbocycles. The molecular formula is C15H21F2N. The van der Waals surface area contributed by atoms with Crippen LogP contribution in [0, 0.1) is 30.4 Å². The molecule has 0 radical (unpaired) electrons. The minimum Gasteiger partial charge on any atom is -0.377 e. The molecule has 0 spiro atoms. The van der Waals surface area contributed by atoms with Crippen LogP contribution in [0.15, 0.2) is 12.1 Å². The zero-order chi connectivity index (χ0) is 13.3. The van der Waals surface area contributed by atoms with Gasteiger partial charge in [-0.15, -0.1) is 0 Å². The van der Waals surface area contributed by atoms with Crippen molar-refractivity contribution < 1.29 is 8.78 Å². The van der Waals surface area contributed by atoms with Gasteiger partial charge in [0.15, 0.2) is 5.82 Å². The number of benzene rings is 1. The molecule has 3 heteroatoms. The van der Waals surface area contributed by atoms with E-state index in [1.54, 1.807) is 6.92 Å². The second-order valence-corrected chi connectivity index (χ2v) is 5.57. The SMILES string of the molecule is Cc1ccc(F)c(NC2CCCC(C)C2C)c1F. The van der Waals surface area contributed by atoms with Gasteiger partial charge in [0.2, 0.25) is 0 Å². The number of rotatable bonds is 2. The van der Waals surface area contributed by atoms with Crippen LogP contribution < -0.4 is 5.32 Å². The summed E-state index contributed by atoms with van der Waals surface area (Å²) in [5, 5.41) is 3.09. The lowest BCUT2D eigenvalue weighted by atomic mass is 9.78. The first-order chi connectivity index (χ1) is 8.50. The van der Waals surface area contributed by atoms with Crippen molar-refractivity contribution in [1.82, 2.24) is 0 Å². The summed E-state index contributed by atoms with van der Waals surface area (Å²) in [6, 6.07) is 2.97. The fourth-order valence-electron chi connectivity index (χ4n) is 2.76. The molecular weight excluding hydrogens is 232 g/mol. The van der Waals surface area contributed by atoms with Crippen LogP contribution >= 0.6 is 0 Å². The van der Waals surface area contributed by atoms with Crippen LogP contribution in [0.5, 0.6) is 0 Å². The lowest BCUT2D eigenvalue weighted by Gasteiger charge is -2.35. The molecule has 3 atom stereocenters. The van der Waals surface area contributed by atoms with Gasteiger partial charge in [0.05, 0.1) is 0 Å². The van der Waals surface area contributed by atoms with E-state index >= 15 is 0 Å². The Labute approximate surface area is 108 Å². The fraction of sp³-hybridized carbons (Fsp3) is 0.600. The highest BCUT2D eigenvalue weighted by molar-refractivity contribution is 5.49. The molecule has 1 fully saturated rings. The second kappa shape index (κ2) is 5.25. The summed E-state index contributed by atoms with van der Waals surface area (Å²) in [7, 11) is 0. The second-order valence-electron chi connectivity index (χ2n) is 5.57. The summed E-state index contributed by atoms with van der Waals surface area (Å²) >= 11 is 0. The third-order valence-electron chi connectivity index (χ3n) is 4.32. The number of anilines is 1. The molecule has 0 saturated heterocycles. The van der Waals surface area contributed by atoms with Crippen LogP contribution in [0.3, 0.4) is 0 Å². The maximum absolute atomic E-state index is 13.9. The molecule has 0 aromatic heterocycles. The molecule has 1 aromatic rings. The molecule has 1 nitrogen and oxygen atoms in total. The molecule has 1 aliphatic rings. The molecule has 3 unspecified atom stereocenters. The van der Waals surface area contributed by atoms with Crippen molar-refractivity contribution in [2.75, 3.05) is 5.32 Å². The summed E-state index contributed by atoms with van der Waals surface area (Å²) in [5.41, 5.74) is 0.524. The summed E-state index contributed by atoms with van der Waals surface area (Å²) in [4.78, 5) is 0. The predicted molar refractivity (Wildman–Crippen MR) is 70.7 cm³/mol. The Balaban J connectivity index is 2.21. The van der Waals surface area contributed by atoms with E-state index in [1.165, 1.54) is 18.6 Å². The van der Waals surface area contributed by atoms with Gasteiger partial charge in [0.25, 0.3) is 0 Å². The smallest absolute Gasteiger partial charge is 0.152 e. The van der Waals surface area contributed by atoms with Crippen molar-refractivity contribution in [2.24, 2.45) is 11.8 Å². The van der Waals surface area contributed by atoms with Gasteiger partial charge in [-0.2, -0.15) is 0 Å². The van der Waals surface area contributed by atoms with E-state index in [9.17, 15) is 8.78 Å². The maximum Gasteiger partial charge on any atom is 0.152 e. The van der Waals surface area contributed by atoms with Crippen LogP contribution in [-0.2, 0) is 0 Å². The van der Waals surface area contributed by atoms with E-state index in [1.807, 2.05) is 0 Å². The van der Waals surface area contributed by atoms with E-state index in [4.69, 9.17) is 0 Å². The van der Waals surface area contributed by atoms with Crippen LogP contribution in [-0.4, -0.2) is 6.04 Å². The summed E-state index contributed by atoms with van der Waals surface area (Å²) in [5.74, 6) is 0.0918. The topological polar surface area (TPSA) is 12.0 Å². The third-order valence-corrected chi connectivity index (χ3v) is 4.32. The van der Waals surface area contributed by atoms with Crippen molar-refractivity contribution in [2.45, 2.75) is 46.1 Å². The minimum atomic E-state index is -0.497. The molecule has 0 heterocycles. The molecule has 100 valence electrons. The normalized spacial score (nSPS) is 28.2. The Morgan fingerprint density at radius 1 is 1.17 bits per heavy atom. The molecule has 1 N–H and O–H groups in total. The van der Waals surface area contributed by atoms with E-state index in [0.29, 0.717) is 17.4 Å². The number of nitrogens with one attached hydrogen (secondary N) is 1. The van der Waals surface area contributed by atoms with Gasteiger partial charge >= 0.3 is 0 Å². The molecule has 1 aromatic carbocycles. The maximum atomic E-state index is 13.9. The van der Waals surface area contributed by atoms with Crippen molar-refractivity contribution in [3.05, 3.63) is 29.3 Å². The van der Waals surface area contributed by atoms with Crippen molar-refractivity contribution in [3.63, 3.8) is 0 Å². The molecule has 18 heavy (non-hydrogen) atoms. The average molecular weight is 253 g/mol. The van der Waals surface area contributed by atoms with Crippen molar-refractivity contribution in [3.8, 4) is 0 Å². The number of hydrogen-bond donors (Lipinski definition) is 1. The number of aryl methyl sites for hydroxylation is 1. The Hall–Kier alpha value is -1.12. The third kappa shape index (κ3) is 2.50. The van der Waals surface area contributed by atoms with E-state index in [0.717, 1.165) is 12.8 Å². The first kappa shape index (κ1) is 13.3. The summed E-state index contributed by atoms with van der Waals surface area (Å²) in [6.07, 6.45) is 3.31. The van der Waals surface area contributed by atoms with Gasteiger partial charge in [-0.05, 0) is 36.8 Å². The van der Waals surface area contributed by atoms with Gasteiger partial charge in [0.1, 0.15) is 11.5 Å². The average Bonchev–Trinajstić information content (AvgIpc) is 2.35. The Kier molecular flexibility index (Phi) is 3.88. The standard InChI is InChI=1S/C15H21F2N/c1-9-5-4-6-13(11(9)3)18-15-12(16)8-7-10(2)14(15)17/h7-9,11,13,18H,4-6H2,1-3H3. The number of hydrogen-bond acceptors (Lipinski definition) is 1. The number of halogens is 2. The minimum absolute atomic E-state index is 0.0425. The van der Waals surface area contributed by atoms with E-state index in [2.05, 4.69) is 19.2 Å². The van der Waals surface area contributed by atoms with Gasteiger partial charge in [-0.3, -0.25) is 0 Å². The highest BCUT2D eigenvalue weighted by atomic mass is 19.1. The van der Waals surface area contributed by atoms with Gasteiger partial charge in [-0.1, -0.05) is 32.8 Å². The molecule has 0 aliphatic heterocycles. The summed E-state index contributed by atoms with van der Waals surface area (Å²) < 4.78 is 27.6. The van der Waals surface area contributed by atoms with E-state index in [-0.39, 0.29) is 11.7 Å². The Morgan fingerprint density at radius 2 is 1.89 bits per heavy atom. The lowest BCUT2D eigenvalue weighted by Crippen LogP contribution is -2.35. The van der Waals surface area contributed by atoms with Crippen molar-refractivity contribution >= 4 is 5.69 Å². The highest BCUT2D eigenvalue weighted by Gasteiger charge is 2.28. The molecule has 0 bridgehead atoms. The Bertz CT molecular complexity index is 431. The Morgan fingerprint density at radius 3 is 2.61 bits per heavy atom. The van der Waals surface area contributed by atoms with Gasteiger partial charge in [-0.25, -0.2) is 8.78 Å². The first-order valence-corrected chi connectivity index (χ1v) is 6.72. The first-order valence-electron chi connectivity index (χ1n) is 6.72. The quantitative estimate of drug-likeness (QED) is 0.817. The zero-order valence-electron chi connectivity index (χ0n) is 11.3. The van der Waals surface area contributed by atoms with Crippen LogP contribution in [0.25, 0.3) is 0 Å².